The molecule has 0 bridgehead atoms. The molecule has 1 aromatic heterocycles. The van der Waals surface area contributed by atoms with Crippen molar-refractivity contribution < 1.29 is 9.47 Å². The smallest absolute Gasteiger partial charge is 0.192 e. The van der Waals surface area contributed by atoms with E-state index in [1.807, 2.05) is 18.5 Å². The quantitative estimate of drug-likeness (QED) is 0.361. The Morgan fingerprint density at radius 1 is 1.25 bits per heavy atom. The Hall–Kier alpha value is -0.940. The number of ether oxygens (including phenoxy) is 2. The molecule has 3 heterocycles. The number of guanidine groups is 1. The van der Waals surface area contributed by atoms with E-state index in [-0.39, 0.29) is 35.5 Å². The predicted molar refractivity (Wildman–Crippen MR) is 118 cm³/mol. The Morgan fingerprint density at radius 2 is 2.07 bits per heavy atom. The topological polar surface area (TPSA) is 85.6 Å². The van der Waals surface area contributed by atoms with Crippen LogP contribution in [0.25, 0.3) is 0 Å². The molecule has 8 nitrogen and oxygen atoms in total. The van der Waals surface area contributed by atoms with Crippen LogP contribution in [0.3, 0.4) is 0 Å². The summed E-state index contributed by atoms with van der Waals surface area (Å²) in [6.07, 6.45) is 3.99. The molecule has 4 unspecified atom stereocenters. The zero-order valence-electron chi connectivity index (χ0n) is 17.3. The first-order valence-corrected chi connectivity index (χ1v) is 10.1. The molecule has 0 radical (unpaired) electrons. The van der Waals surface area contributed by atoms with Crippen molar-refractivity contribution in [3.05, 3.63) is 11.6 Å². The van der Waals surface area contributed by atoms with Gasteiger partial charge in [0.2, 0.25) is 0 Å². The standard InChI is InChI=1S/C19H32N6O2.HI/c1-12-23-24-15(25(12)4)11-21-18(20-10-13-6-5-8-26-13)22-16-14-7-9-27-17(14)19(16,2)3;/h13-14,16-17H,5-11H2,1-4H3,(H2,20,21,22);1H. The molecule has 0 amide bonds. The number of nitrogens with one attached hydrogen (secondary N) is 2. The summed E-state index contributed by atoms with van der Waals surface area (Å²) in [4.78, 5) is 4.81. The van der Waals surface area contributed by atoms with Gasteiger partial charge in [-0.15, -0.1) is 34.2 Å². The average Bonchev–Trinajstić information content (AvgIpc) is 3.37. The van der Waals surface area contributed by atoms with Crippen molar-refractivity contribution in [1.29, 1.82) is 0 Å². The molecule has 1 aromatic rings. The normalized spacial score (nSPS) is 31.1. The molecule has 158 valence electrons. The zero-order valence-corrected chi connectivity index (χ0v) is 19.6. The maximum absolute atomic E-state index is 5.93. The van der Waals surface area contributed by atoms with Crippen LogP contribution in [0, 0.1) is 18.3 Å². The summed E-state index contributed by atoms with van der Waals surface area (Å²) in [7, 11) is 1.97. The number of halogens is 1. The molecule has 2 aliphatic heterocycles. The molecule has 2 saturated heterocycles. The van der Waals surface area contributed by atoms with Gasteiger partial charge in [0.25, 0.3) is 0 Å². The third kappa shape index (κ3) is 4.16. The number of hydrogen-bond donors (Lipinski definition) is 2. The van der Waals surface area contributed by atoms with Crippen LogP contribution < -0.4 is 10.6 Å². The van der Waals surface area contributed by atoms with Gasteiger partial charge in [-0.1, -0.05) is 13.8 Å². The Balaban J connectivity index is 0.00000225. The van der Waals surface area contributed by atoms with E-state index in [1.54, 1.807) is 0 Å². The van der Waals surface area contributed by atoms with E-state index < -0.39 is 0 Å². The van der Waals surface area contributed by atoms with Crippen LogP contribution in [0.1, 0.15) is 44.8 Å². The molecule has 9 heteroatoms. The average molecular weight is 504 g/mol. The summed E-state index contributed by atoms with van der Waals surface area (Å²) in [6, 6.07) is 0.363. The molecule has 1 saturated carbocycles. The van der Waals surface area contributed by atoms with E-state index in [0.29, 0.717) is 24.6 Å². The summed E-state index contributed by atoms with van der Waals surface area (Å²) < 4.78 is 13.7. The third-order valence-corrected chi connectivity index (χ3v) is 6.48. The van der Waals surface area contributed by atoms with E-state index in [2.05, 4.69) is 34.7 Å². The first kappa shape index (κ1) is 21.8. The highest BCUT2D eigenvalue weighted by Crippen LogP contribution is 2.52. The molecular formula is C19H33IN6O2. The Kier molecular flexibility index (Phi) is 6.86. The minimum Gasteiger partial charge on any atom is -0.377 e. The van der Waals surface area contributed by atoms with Crippen molar-refractivity contribution in [2.45, 2.75) is 64.8 Å². The van der Waals surface area contributed by atoms with Gasteiger partial charge in [-0.05, 0) is 26.2 Å². The van der Waals surface area contributed by atoms with Gasteiger partial charge in [0.1, 0.15) is 12.4 Å². The number of hydrogen-bond acceptors (Lipinski definition) is 5. The van der Waals surface area contributed by atoms with Gasteiger partial charge < -0.3 is 24.7 Å². The number of aliphatic imine (C=N–C) groups is 1. The monoisotopic (exact) mass is 504 g/mol. The highest BCUT2D eigenvalue weighted by molar-refractivity contribution is 14.0. The van der Waals surface area contributed by atoms with E-state index in [1.165, 1.54) is 0 Å². The largest absolute Gasteiger partial charge is 0.377 e. The van der Waals surface area contributed by atoms with Crippen LogP contribution in [0.2, 0.25) is 0 Å². The molecule has 0 spiro atoms. The molecular weight excluding hydrogens is 471 g/mol. The van der Waals surface area contributed by atoms with Gasteiger partial charge in [-0.3, -0.25) is 0 Å². The number of nitrogens with zero attached hydrogens (tertiary/aromatic N) is 4. The van der Waals surface area contributed by atoms with Crippen molar-refractivity contribution >= 4 is 29.9 Å². The van der Waals surface area contributed by atoms with Gasteiger partial charge in [0.05, 0.1) is 12.2 Å². The van der Waals surface area contributed by atoms with E-state index >= 15 is 0 Å². The minimum atomic E-state index is 0. The summed E-state index contributed by atoms with van der Waals surface area (Å²) >= 11 is 0. The van der Waals surface area contributed by atoms with Crippen LogP contribution in [0.15, 0.2) is 4.99 Å². The lowest BCUT2D eigenvalue weighted by molar-refractivity contribution is -0.106. The van der Waals surface area contributed by atoms with Crippen molar-refractivity contribution in [3.8, 4) is 0 Å². The van der Waals surface area contributed by atoms with Crippen LogP contribution in [0.4, 0.5) is 0 Å². The van der Waals surface area contributed by atoms with Gasteiger partial charge in [-0.25, -0.2) is 4.99 Å². The second kappa shape index (κ2) is 8.83. The van der Waals surface area contributed by atoms with Crippen molar-refractivity contribution in [1.82, 2.24) is 25.4 Å². The number of aromatic nitrogens is 3. The highest BCUT2D eigenvalue weighted by atomic mass is 127. The molecule has 3 aliphatic rings. The summed E-state index contributed by atoms with van der Waals surface area (Å²) in [6.45, 7) is 9.51. The molecule has 3 fully saturated rings. The van der Waals surface area contributed by atoms with Gasteiger partial charge >= 0.3 is 0 Å². The summed E-state index contributed by atoms with van der Waals surface area (Å²) in [5.74, 6) is 3.15. The minimum absolute atomic E-state index is 0. The number of rotatable bonds is 5. The van der Waals surface area contributed by atoms with Crippen LogP contribution in [-0.4, -0.2) is 58.7 Å². The SMILES string of the molecule is Cc1nnc(CN=C(NCC2CCCO2)NC2C3CCOC3C2(C)C)n1C.I. The molecule has 4 rings (SSSR count). The van der Waals surface area contributed by atoms with Crippen LogP contribution in [0.5, 0.6) is 0 Å². The Morgan fingerprint density at radius 3 is 2.75 bits per heavy atom. The summed E-state index contributed by atoms with van der Waals surface area (Å²) in [5, 5.41) is 15.5. The highest BCUT2D eigenvalue weighted by Gasteiger charge is 2.59. The first-order chi connectivity index (χ1) is 13.0. The Labute approximate surface area is 184 Å². The van der Waals surface area contributed by atoms with Gasteiger partial charge in [0, 0.05) is 44.2 Å². The molecule has 4 atom stereocenters. The lowest BCUT2D eigenvalue weighted by Crippen LogP contribution is -2.68. The zero-order chi connectivity index (χ0) is 19.0. The lowest BCUT2D eigenvalue weighted by Gasteiger charge is -2.55. The fraction of sp³-hybridized carbons (Fsp3) is 0.842. The second-order valence-electron chi connectivity index (χ2n) is 8.59. The maximum atomic E-state index is 5.93. The Bertz CT molecular complexity index is 701. The maximum Gasteiger partial charge on any atom is 0.192 e. The number of fused-ring (bicyclic) bond motifs is 1. The van der Waals surface area contributed by atoms with Crippen molar-refractivity contribution in [2.24, 2.45) is 23.4 Å². The van der Waals surface area contributed by atoms with E-state index in [9.17, 15) is 0 Å². The van der Waals surface area contributed by atoms with E-state index in [4.69, 9.17) is 14.5 Å². The van der Waals surface area contributed by atoms with Gasteiger partial charge in [-0.2, -0.15) is 0 Å². The first-order valence-electron chi connectivity index (χ1n) is 10.1. The fourth-order valence-corrected chi connectivity index (χ4v) is 4.67. The van der Waals surface area contributed by atoms with Crippen molar-refractivity contribution in [2.75, 3.05) is 19.8 Å². The van der Waals surface area contributed by atoms with E-state index in [0.717, 1.165) is 56.6 Å². The molecule has 2 N–H and O–H groups in total. The fourth-order valence-electron chi connectivity index (χ4n) is 4.67. The lowest BCUT2D eigenvalue weighted by atomic mass is 9.57. The van der Waals surface area contributed by atoms with Crippen molar-refractivity contribution in [3.63, 3.8) is 0 Å². The second-order valence-corrected chi connectivity index (χ2v) is 8.59. The van der Waals surface area contributed by atoms with Crippen LogP contribution in [-0.2, 0) is 23.1 Å². The molecule has 1 aliphatic carbocycles. The van der Waals surface area contributed by atoms with Crippen LogP contribution >= 0.6 is 24.0 Å². The molecule has 28 heavy (non-hydrogen) atoms. The molecule has 0 aromatic carbocycles. The summed E-state index contributed by atoms with van der Waals surface area (Å²) in [5.41, 5.74) is 0.106. The van der Waals surface area contributed by atoms with Gasteiger partial charge in [0.15, 0.2) is 11.8 Å². The third-order valence-electron chi connectivity index (χ3n) is 6.48. The predicted octanol–water partition coefficient (Wildman–Crippen LogP) is 1.77. The number of aryl methyl sites for hydroxylation is 1.